The third kappa shape index (κ3) is 3.38. The van der Waals surface area contributed by atoms with Gasteiger partial charge in [0.15, 0.2) is 16.7 Å². The molecule has 0 spiro atoms. The van der Waals surface area contributed by atoms with Crippen molar-refractivity contribution in [2.45, 2.75) is 10.9 Å². The van der Waals surface area contributed by atoms with Crippen molar-refractivity contribution < 1.29 is 23.2 Å². The summed E-state index contributed by atoms with van der Waals surface area (Å²) < 4.78 is 28.0. The van der Waals surface area contributed by atoms with Crippen LogP contribution >= 0.6 is 0 Å². The highest BCUT2D eigenvalue weighted by Gasteiger charge is 2.18. The Morgan fingerprint density at radius 3 is 2.69 bits per heavy atom. The van der Waals surface area contributed by atoms with Crippen LogP contribution in [0.25, 0.3) is 11.0 Å². The molecule has 1 aromatic carbocycles. The first-order valence-electron chi connectivity index (χ1n) is 7.59. The minimum absolute atomic E-state index is 0.101. The number of benzene rings is 1. The Kier molecular flexibility index (Phi) is 5.17. The molecule has 0 saturated carbocycles. The molecule has 0 radical (unpaired) electrons. The van der Waals surface area contributed by atoms with Crippen LogP contribution in [0, 0.1) is 0 Å². The second-order valence-electron chi connectivity index (χ2n) is 5.25. The van der Waals surface area contributed by atoms with Gasteiger partial charge in [-0.05, 0) is 18.2 Å². The number of fused-ring (bicyclic) bond motifs is 1. The molecule has 3 aromatic rings. The quantitative estimate of drug-likeness (QED) is 0.658. The number of imidazole rings is 1. The number of aromatic nitrogens is 3. The standard InChI is InChI=1S/C17H17N3O5S/c1-23-14-6-7-18-13(15(14)24-2)9-26(22)17-19-11-5-4-10(16(21)25-3)8-12(11)20-17/h4-8H,9H2,1-3H3,(H,19,20)/t26-/m1/s1. The molecular weight excluding hydrogens is 358 g/mol. The first-order chi connectivity index (χ1) is 12.6. The summed E-state index contributed by atoms with van der Waals surface area (Å²) in [6.07, 6.45) is 1.56. The number of esters is 1. The predicted octanol–water partition coefficient (Wildman–Crippen LogP) is 2.07. The molecule has 3 rings (SSSR count). The lowest BCUT2D eigenvalue weighted by Gasteiger charge is -2.10. The molecule has 1 N–H and O–H groups in total. The van der Waals surface area contributed by atoms with Crippen LogP contribution in [0.1, 0.15) is 16.1 Å². The zero-order valence-electron chi connectivity index (χ0n) is 14.4. The lowest BCUT2D eigenvalue weighted by molar-refractivity contribution is 0.0601. The lowest BCUT2D eigenvalue weighted by Crippen LogP contribution is -2.04. The van der Waals surface area contributed by atoms with Gasteiger partial charge in [-0.2, -0.15) is 0 Å². The van der Waals surface area contributed by atoms with Gasteiger partial charge in [-0.15, -0.1) is 0 Å². The van der Waals surface area contributed by atoms with Gasteiger partial charge < -0.3 is 19.2 Å². The molecule has 2 heterocycles. The first-order valence-corrected chi connectivity index (χ1v) is 8.91. The Balaban J connectivity index is 1.90. The van der Waals surface area contributed by atoms with E-state index < -0.39 is 16.8 Å². The van der Waals surface area contributed by atoms with E-state index in [2.05, 4.69) is 15.0 Å². The molecule has 0 aliphatic heterocycles. The summed E-state index contributed by atoms with van der Waals surface area (Å²) in [5.74, 6) is 0.605. The minimum atomic E-state index is -1.49. The van der Waals surface area contributed by atoms with E-state index in [4.69, 9.17) is 14.2 Å². The zero-order chi connectivity index (χ0) is 18.7. The Labute approximate surface area is 152 Å². The van der Waals surface area contributed by atoms with Gasteiger partial charge in [0.05, 0.1) is 60.2 Å². The number of carbonyl (C=O) groups excluding carboxylic acids is 1. The predicted molar refractivity (Wildman–Crippen MR) is 94.9 cm³/mol. The van der Waals surface area contributed by atoms with Gasteiger partial charge in [0, 0.05) is 12.3 Å². The summed E-state index contributed by atoms with van der Waals surface area (Å²) in [4.78, 5) is 23.2. The van der Waals surface area contributed by atoms with Gasteiger partial charge in [0.25, 0.3) is 0 Å². The van der Waals surface area contributed by atoms with Crippen molar-refractivity contribution in [3.63, 3.8) is 0 Å². The molecule has 2 aromatic heterocycles. The van der Waals surface area contributed by atoms with E-state index in [0.717, 1.165) is 0 Å². The van der Waals surface area contributed by atoms with Gasteiger partial charge in [-0.1, -0.05) is 0 Å². The topological polar surface area (TPSA) is 103 Å². The Morgan fingerprint density at radius 1 is 1.19 bits per heavy atom. The average molecular weight is 375 g/mol. The van der Waals surface area contributed by atoms with E-state index in [9.17, 15) is 9.00 Å². The van der Waals surface area contributed by atoms with Crippen LogP contribution in [0.2, 0.25) is 0 Å². The maximum atomic E-state index is 12.7. The number of methoxy groups -OCH3 is 3. The second-order valence-corrected chi connectivity index (χ2v) is 6.61. The van der Waals surface area contributed by atoms with Gasteiger partial charge in [0.1, 0.15) is 0 Å². The average Bonchev–Trinajstić information content (AvgIpc) is 3.10. The van der Waals surface area contributed by atoms with E-state index in [1.54, 1.807) is 30.5 Å². The van der Waals surface area contributed by atoms with Crippen LogP contribution in [-0.4, -0.2) is 46.5 Å². The molecule has 0 amide bonds. The summed E-state index contributed by atoms with van der Waals surface area (Å²) in [6.45, 7) is 0. The van der Waals surface area contributed by atoms with Crippen LogP contribution in [0.15, 0.2) is 35.6 Å². The molecule has 0 bridgehead atoms. The fraction of sp³-hybridized carbons (Fsp3) is 0.235. The van der Waals surface area contributed by atoms with E-state index in [0.29, 0.717) is 33.8 Å². The third-order valence-electron chi connectivity index (χ3n) is 3.73. The number of pyridine rings is 1. The van der Waals surface area contributed by atoms with Gasteiger partial charge >= 0.3 is 5.97 Å². The summed E-state index contributed by atoms with van der Waals surface area (Å²) in [5.41, 5.74) is 2.09. The van der Waals surface area contributed by atoms with Crippen molar-refractivity contribution >= 4 is 27.8 Å². The number of hydrogen-bond donors (Lipinski definition) is 1. The number of H-pyrrole nitrogens is 1. The molecule has 9 heteroatoms. The third-order valence-corrected chi connectivity index (χ3v) is 4.89. The van der Waals surface area contributed by atoms with Crippen LogP contribution in [0.3, 0.4) is 0 Å². The minimum Gasteiger partial charge on any atom is -0.493 e. The second kappa shape index (κ2) is 7.52. The molecule has 0 saturated heterocycles. The van der Waals surface area contributed by atoms with E-state index in [-0.39, 0.29) is 10.9 Å². The highest BCUT2D eigenvalue weighted by molar-refractivity contribution is 7.84. The molecule has 136 valence electrons. The molecule has 1 atom stereocenters. The van der Waals surface area contributed by atoms with Crippen molar-refractivity contribution in [3.05, 3.63) is 41.7 Å². The Hall–Kier alpha value is -2.94. The van der Waals surface area contributed by atoms with Crippen LogP contribution < -0.4 is 9.47 Å². The highest BCUT2D eigenvalue weighted by atomic mass is 32.2. The van der Waals surface area contributed by atoms with Gasteiger partial charge in [-0.3, -0.25) is 9.19 Å². The Bertz CT molecular complexity index is 986. The van der Waals surface area contributed by atoms with Gasteiger partial charge in [0.2, 0.25) is 0 Å². The molecule has 26 heavy (non-hydrogen) atoms. The fourth-order valence-electron chi connectivity index (χ4n) is 2.48. The number of carbonyl (C=O) groups is 1. The molecule has 0 unspecified atom stereocenters. The van der Waals surface area contributed by atoms with Crippen LogP contribution in [0.4, 0.5) is 0 Å². The molecule has 0 aliphatic rings. The summed E-state index contributed by atoms with van der Waals surface area (Å²) in [6, 6.07) is 6.55. The molecule has 8 nitrogen and oxygen atoms in total. The van der Waals surface area contributed by atoms with E-state index in [1.165, 1.54) is 21.3 Å². The maximum absolute atomic E-state index is 12.7. The van der Waals surface area contributed by atoms with Crippen LogP contribution in [-0.2, 0) is 21.3 Å². The number of hydrogen-bond acceptors (Lipinski definition) is 7. The largest absolute Gasteiger partial charge is 0.493 e. The highest BCUT2D eigenvalue weighted by Crippen LogP contribution is 2.30. The summed E-state index contributed by atoms with van der Waals surface area (Å²) >= 11 is 0. The monoisotopic (exact) mass is 375 g/mol. The van der Waals surface area contributed by atoms with Crippen molar-refractivity contribution in [2.24, 2.45) is 0 Å². The lowest BCUT2D eigenvalue weighted by atomic mass is 10.2. The zero-order valence-corrected chi connectivity index (χ0v) is 15.3. The summed E-state index contributed by atoms with van der Waals surface area (Å²) in [5, 5.41) is 0.286. The molecule has 0 fully saturated rings. The normalized spacial score (nSPS) is 12.0. The maximum Gasteiger partial charge on any atom is 0.337 e. The number of rotatable bonds is 6. The van der Waals surface area contributed by atoms with Crippen molar-refractivity contribution in [2.75, 3.05) is 21.3 Å². The van der Waals surface area contributed by atoms with Crippen molar-refractivity contribution in [3.8, 4) is 11.5 Å². The number of aromatic amines is 1. The van der Waals surface area contributed by atoms with Crippen molar-refractivity contribution in [1.82, 2.24) is 15.0 Å². The van der Waals surface area contributed by atoms with Crippen LogP contribution in [0.5, 0.6) is 11.5 Å². The van der Waals surface area contributed by atoms with Gasteiger partial charge in [-0.25, -0.2) is 9.78 Å². The Morgan fingerprint density at radius 2 is 2.00 bits per heavy atom. The first kappa shape index (κ1) is 17.9. The van der Waals surface area contributed by atoms with Crippen molar-refractivity contribution in [1.29, 1.82) is 0 Å². The smallest absolute Gasteiger partial charge is 0.337 e. The van der Waals surface area contributed by atoms with E-state index in [1.807, 2.05) is 0 Å². The molecule has 0 aliphatic carbocycles. The number of ether oxygens (including phenoxy) is 3. The molecular formula is C17H17N3O5S. The number of nitrogens with one attached hydrogen (secondary N) is 1. The fourth-order valence-corrected chi connectivity index (χ4v) is 3.50. The SMILES string of the molecule is COC(=O)c1ccc2nc([S@](=O)Cc3nccc(OC)c3OC)[nH]c2c1. The number of nitrogens with zero attached hydrogens (tertiary/aromatic N) is 2. The summed E-state index contributed by atoms with van der Waals surface area (Å²) in [7, 11) is 2.85. The van der Waals surface area contributed by atoms with E-state index >= 15 is 0 Å².